The Labute approximate surface area is 196 Å². The van der Waals surface area contributed by atoms with Crippen molar-refractivity contribution < 1.29 is 14.3 Å². The van der Waals surface area contributed by atoms with E-state index in [0.717, 1.165) is 44.4 Å². The largest absolute Gasteiger partial charge is 0.462 e. The summed E-state index contributed by atoms with van der Waals surface area (Å²) < 4.78 is 6.16. The molecule has 0 aliphatic heterocycles. The van der Waals surface area contributed by atoms with E-state index < -0.39 is 0 Å². The molecule has 4 rings (SSSR count). The molecular weight excluding hydrogens is 396 g/mol. The topological polar surface area (TPSA) is 43.4 Å². The van der Waals surface area contributed by atoms with Crippen LogP contribution in [0.2, 0.25) is 0 Å². The molecule has 0 saturated heterocycles. The van der Waals surface area contributed by atoms with Crippen molar-refractivity contribution in [2.24, 2.45) is 28.6 Å². The molecule has 0 aromatic heterocycles. The van der Waals surface area contributed by atoms with E-state index in [9.17, 15) is 9.59 Å². The fraction of sp³-hybridized carbons (Fsp3) is 0.862. The summed E-state index contributed by atoms with van der Waals surface area (Å²) in [4.78, 5) is 24.7. The van der Waals surface area contributed by atoms with Crippen molar-refractivity contribution in [1.82, 2.24) is 0 Å². The lowest BCUT2D eigenvalue weighted by Crippen LogP contribution is -2.51. The molecule has 4 aliphatic rings. The van der Waals surface area contributed by atoms with Crippen LogP contribution in [0.25, 0.3) is 0 Å². The highest BCUT2D eigenvalue weighted by Crippen LogP contribution is 2.65. The molecule has 0 spiro atoms. The molecule has 3 nitrogen and oxygen atoms in total. The monoisotopic (exact) mass is 442 g/mol. The van der Waals surface area contributed by atoms with E-state index in [0.29, 0.717) is 24.0 Å². The average Bonchev–Trinajstić information content (AvgIpc) is 3.10. The third-order valence-electron chi connectivity index (χ3n) is 10.1. The van der Waals surface area contributed by atoms with Crippen molar-refractivity contribution in [3.8, 4) is 0 Å². The Morgan fingerprint density at radius 1 is 0.938 bits per heavy atom. The fourth-order valence-electron chi connectivity index (χ4n) is 8.15. The van der Waals surface area contributed by atoms with Crippen molar-refractivity contribution in [3.05, 3.63) is 11.6 Å². The van der Waals surface area contributed by atoms with Gasteiger partial charge in [0.05, 0.1) is 0 Å². The van der Waals surface area contributed by atoms with E-state index >= 15 is 0 Å². The maximum absolute atomic E-state index is 12.6. The number of esters is 1. The van der Waals surface area contributed by atoms with Crippen molar-refractivity contribution in [2.75, 3.05) is 0 Å². The third kappa shape index (κ3) is 4.60. The van der Waals surface area contributed by atoms with Crippen LogP contribution < -0.4 is 0 Å². The molecule has 3 saturated carbocycles. The first kappa shape index (κ1) is 24.0. The minimum atomic E-state index is 0.0409. The number of unbranched alkanes of at least 4 members (excludes halogenated alkanes) is 6. The Morgan fingerprint density at radius 2 is 1.69 bits per heavy atom. The van der Waals surface area contributed by atoms with Gasteiger partial charge in [-0.1, -0.05) is 64.9 Å². The molecule has 3 fully saturated rings. The number of fused-ring (bicyclic) bond motifs is 5. The van der Waals surface area contributed by atoms with Crippen LogP contribution in [0, 0.1) is 28.6 Å². The molecule has 0 amide bonds. The SMILES string of the molecule is CCCCCCCCCC(=O)O[C@@H]1CC[C@@H]2[C@H]3CCC4=CC(=O)CC[C@]4(C)[C@@H]3CC[C@]21C. The lowest BCUT2D eigenvalue weighted by Gasteiger charge is -2.57. The van der Waals surface area contributed by atoms with E-state index in [1.54, 1.807) is 0 Å². The fourth-order valence-corrected chi connectivity index (χ4v) is 8.15. The number of ketones is 1. The first-order valence-electron chi connectivity index (χ1n) is 13.8. The zero-order valence-corrected chi connectivity index (χ0v) is 20.9. The van der Waals surface area contributed by atoms with Crippen LogP contribution in [0.5, 0.6) is 0 Å². The summed E-state index contributed by atoms with van der Waals surface area (Å²) in [6.07, 6.45) is 20.1. The first-order chi connectivity index (χ1) is 15.4. The van der Waals surface area contributed by atoms with E-state index in [-0.39, 0.29) is 22.9 Å². The van der Waals surface area contributed by atoms with Crippen molar-refractivity contribution in [2.45, 2.75) is 130 Å². The highest BCUT2D eigenvalue weighted by atomic mass is 16.5. The van der Waals surface area contributed by atoms with Gasteiger partial charge in [0.1, 0.15) is 6.10 Å². The number of hydrogen-bond donors (Lipinski definition) is 0. The molecule has 6 atom stereocenters. The molecule has 0 aromatic rings. The lowest BCUT2D eigenvalue weighted by atomic mass is 9.47. The average molecular weight is 443 g/mol. The predicted octanol–water partition coefficient (Wildman–Crippen LogP) is 7.57. The zero-order chi connectivity index (χ0) is 22.8. The van der Waals surface area contributed by atoms with Crippen molar-refractivity contribution in [1.29, 1.82) is 0 Å². The Bertz CT molecular complexity index is 724. The van der Waals surface area contributed by atoms with Gasteiger partial charge in [0, 0.05) is 18.3 Å². The molecule has 32 heavy (non-hydrogen) atoms. The molecule has 3 heteroatoms. The maximum Gasteiger partial charge on any atom is 0.306 e. The van der Waals surface area contributed by atoms with Gasteiger partial charge in [0.15, 0.2) is 5.78 Å². The second-order valence-corrected chi connectivity index (χ2v) is 11.9. The lowest BCUT2D eigenvalue weighted by molar-refractivity contribution is -0.160. The van der Waals surface area contributed by atoms with Crippen LogP contribution in [0.15, 0.2) is 11.6 Å². The Kier molecular flexibility index (Phi) is 7.52. The van der Waals surface area contributed by atoms with Crippen LogP contribution >= 0.6 is 0 Å². The molecular formula is C29H46O3. The summed E-state index contributed by atoms with van der Waals surface area (Å²) in [6.45, 7) is 7.11. The van der Waals surface area contributed by atoms with Gasteiger partial charge in [0.25, 0.3) is 0 Å². The van der Waals surface area contributed by atoms with Crippen LogP contribution in [-0.2, 0) is 14.3 Å². The summed E-state index contributed by atoms with van der Waals surface area (Å²) in [7, 11) is 0. The van der Waals surface area contributed by atoms with Crippen LogP contribution in [-0.4, -0.2) is 17.9 Å². The number of hydrogen-bond acceptors (Lipinski definition) is 3. The van der Waals surface area contributed by atoms with E-state index in [1.165, 1.54) is 63.4 Å². The number of carbonyl (C=O) groups is 2. The standard InChI is InChI=1S/C29H46O3/c1-4-5-6-7-8-9-10-11-27(31)32-26-15-14-24-23-13-12-21-20-22(30)16-18-28(21,2)25(23)17-19-29(24,26)3/h20,23-26H,4-19H2,1-3H3/t23-,24-,25-,26-,28+,29-/m1/s1. The highest BCUT2D eigenvalue weighted by molar-refractivity contribution is 5.91. The third-order valence-corrected chi connectivity index (χ3v) is 10.1. The van der Waals surface area contributed by atoms with Crippen LogP contribution in [0.1, 0.15) is 124 Å². The van der Waals surface area contributed by atoms with Gasteiger partial charge in [-0.3, -0.25) is 9.59 Å². The Balaban J connectivity index is 1.31. The maximum atomic E-state index is 12.6. The van der Waals surface area contributed by atoms with E-state index in [2.05, 4.69) is 20.8 Å². The predicted molar refractivity (Wildman–Crippen MR) is 129 cm³/mol. The minimum Gasteiger partial charge on any atom is -0.462 e. The Hall–Kier alpha value is -1.12. The normalized spacial score (nSPS) is 38.5. The molecule has 0 N–H and O–H groups in total. The van der Waals surface area contributed by atoms with Crippen molar-refractivity contribution in [3.63, 3.8) is 0 Å². The van der Waals surface area contributed by atoms with E-state index in [4.69, 9.17) is 4.74 Å². The number of carbonyl (C=O) groups excluding carboxylic acids is 2. The van der Waals surface area contributed by atoms with Crippen LogP contribution in [0.3, 0.4) is 0 Å². The van der Waals surface area contributed by atoms with Crippen molar-refractivity contribution >= 4 is 11.8 Å². The van der Waals surface area contributed by atoms with Gasteiger partial charge in [-0.2, -0.15) is 0 Å². The molecule has 0 unspecified atom stereocenters. The summed E-state index contributed by atoms with van der Waals surface area (Å²) in [6, 6.07) is 0. The Morgan fingerprint density at radius 3 is 2.47 bits per heavy atom. The molecule has 0 heterocycles. The molecule has 4 aliphatic carbocycles. The molecule has 180 valence electrons. The number of rotatable bonds is 9. The molecule has 0 bridgehead atoms. The quantitative estimate of drug-likeness (QED) is 0.273. The second kappa shape index (κ2) is 10.0. The van der Waals surface area contributed by atoms with Gasteiger partial charge < -0.3 is 4.74 Å². The van der Waals surface area contributed by atoms with Gasteiger partial charge in [-0.25, -0.2) is 0 Å². The van der Waals surface area contributed by atoms with Gasteiger partial charge in [0.2, 0.25) is 0 Å². The number of ether oxygens (including phenoxy) is 1. The number of allylic oxidation sites excluding steroid dienone is 1. The zero-order valence-electron chi connectivity index (χ0n) is 20.9. The summed E-state index contributed by atoms with van der Waals surface area (Å²) in [5.41, 5.74) is 1.82. The minimum absolute atomic E-state index is 0.0409. The first-order valence-corrected chi connectivity index (χ1v) is 13.8. The van der Waals surface area contributed by atoms with E-state index in [1.807, 2.05) is 6.08 Å². The molecule has 0 aromatic carbocycles. The smallest absolute Gasteiger partial charge is 0.306 e. The van der Waals surface area contributed by atoms with Crippen LogP contribution in [0.4, 0.5) is 0 Å². The van der Waals surface area contributed by atoms with Gasteiger partial charge in [-0.15, -0.1) is 0 Å². The highest BCUT2D eigenvalue weighted by Gasteiger charge is 2.59. The summed E-state index contributed by atoms with van der Waals surface area (Å²) >= 11 is 0. The van der Waals surface area contributed by atoms with Gasteiger partial charge >= 0.3 is 5.97 Å². The second-order valence-electron chi connectivity index (χ2n) is 11.9. The van der Waals surface area contributed by atoms with Gasteiger partial charge in [-0.05, 0) is 80.6 Å². The summed E-state index contributed by atoms with van der Waals surface area (Å²) in [5.74, 6) is 2.49. The summed E-state index contributed by atoms with van der Waals surface area (Å²) in [5, 5.41) is 0. The molecule has 0 radical (unpaired) electrons.